The number of fused-ring (bicyclic) bond motifs is 2. The molecule has 2 fully saturated rings. The van der Waals surface area contributed by atoms with Crippen LogP contribution >= 0.6 is 12.4 Å². The first-order valence-corrected chi connectivity index (χ1v) is 6.63. The number of rotatable bonds is 0. The van der Waals surface area contributed by atoms with Crippen LogP contribution in [0.4, 0.5) is 0 Å². The van der Waals surface area contributed by atoms with E-state index in [-0.39, 0.29) is 12.4 Å². The number of nitrogens with zero attached hydrogens (tertiary/aromatic N) is 2. The molecular weight excluding hydrogens is 248 g/mol. The molecular formula is C14H19ClN2O. The van der Waals surface area contributed by atoms with Gasteiger partial charge in [-0.15, -0.1) is 12.4 Å². The molecule has 3 nitrogen and oxygen atoms in total. The van der Waals surface area contributed by atoms with Crippen LogP contribution in [0, 0.1) is 5.41 Å². The van der Waals surface area contributed by atoms with Crippen LogP contribution in [0.2, 0.25) is 0 Å². The molecule has 18 heavy (non-hydrogen) atoms. The standard InChI is InChI=1S/C14H18N2O.ClH/c1-10-13-11(3-2-6-15-13)17-12-4-7-16-8-5-14(10,12)9-16;/h2-3,6,10,12H,4-5,7-9H2,1H3;1H. The highest BCUT2D eigenvalue weighted by Crippen LogP contribution is 2.54. The Morgan fingerprint density at radius 2 is 2.33 bits per heavy atom. The maximum atomic E-state index is 6.24. The molecule has 1 aromatic heterocycles. The lowest BCUT2D eigenvalue weighted by molar-refractivity contribution is -0.0196. The molecule has 0 saturated carbocycles. The van der Waals surface area contributed by atoms with Crippen molar-refractivity contribution in [3.8, 4) is 5.75 Å². The van der Waals surface area contributed by atoms with Gasteiger partial charge in [0, 0.05) is 30.6 Å². The molecule has 98 valence electrons. The van der Waals surface area contributed by atoms with Crippen molar-refractivity contribution in [2.75, 3.05) is 19.6 Å². The topological polar surface area (TPSA) is 25.4 Å². The summed E-state index contributed by atoms with van der Waals surface area (Å²) in [7, 11) is 0. The zero-order valence-corrected chi connectivity index (χ0v) is 11.4. The summed E-state index contributed by atoms with van der Waals surface area (Å²) in [5.41, 5.74) is 1.51. The van der Waals surface area contributed by atoms with E-state index in [1.807, 2.05) is 12.3 Å². The van der Waals surface area contributed by atoms with Gasteiger partial charge in [-0.2, -0.15) is 0 Å². The van der Waals surface area contributed by atoms with Crippen molar-refractivity contribution in [1.82, 2.24) is 9.88 Å². The first-order valence-electron chi connectivity index (χ1n) is 6.63. The zero-order valence-electron chi connectivity index (χ0n) is 10.6. The summed E-state index contributed by atoms with van der Waals surface area (Å²) in [5, 5.41) is 0. The average molecular weight is 267 g/mol. The van der Waals surface area contributed by atoms with Crippen molar-refractivity contribution in [3.63, 3.8) is 0 Å². The molecule has 4 heteroatoms. The predicted molar refractivity (Wildman–Crippen MR) is 72.4 cm³/mol. The molecule has 0 aliphatic carbocycles. The number of ether oxygens (including phenoxy) is 1. The van der Waals surface area contributed by atoms with E-state index in [2.05, 4.69) is 22.9 Å². The molecule has 3 aliphatic rings. The monoisotopic (exact) mass is 266 g/mol. The fourth-order valence-corrected chi connectivity index (χ4v) is 4.04. The number of aromatic nitrogens is 1. The summed E-state index contributed by atoms with van der Waals surface area (Å²) in [5.74, 6) is 1.55. The number of halogens is 1. The molecule has 0 amide bonds. The van der Waals surface area contributed by atoms with Crippen LogP contribution in [0.15, 0.2) is 18.3 Å². The summed E-state index contributed by atoms with van der Waals surface area (Å²) in [6.07, 6.45) is 4.76. The third kappa shape index (κ3) is 1.44. The smallest absolute Gasteiger partial charge is 0.141 e. The maximum absolute atomic E-state index is 6.24. The summed E-state index contributed by atoms with van der Waals surface area (Å²) in [4.78, 5) is 7.15. The zero-order chi connectivity index (χ0) is 11.5. The summed E-state index contributed by atoms with van der Waals surface area (Å²) >= 11 is 0. The van der Waals surface area contributed by atoms with Gasteiger partial charge in [-0.3, -0.25) is 4.98 Å². The van der Waals surface area contributed by atoms with E-state index in [0.29, 0.717) is 17.4 Å². The van der Waals surface area contributed by atoms with Crippen molar-refractivity contribution in [1.29, 1.82) is 0 Å². The van der Waals surface area contributed by atoms with Gasteiger partial charge in [0.2, 0.25) is 0 Å². The molecule has 0 N–H and O–H groups in total. The number of pyridine rings is 1. The van der Waals surface area contributed by atoms with E-state index < -0.39 is 0 Å². The highest BCUT2D eigenvalue weighted by atomic mass is 35.5. The van der Waals surface area contributed by atoms with E-state index in [0.717, 1.165) is 5.75 Å². The predicted octanol–water partition coefficient (Wildman–Crippen LogP) is 2.46. The minimum atomic E-state index is 0. The Kier molecular flexibility index (Phi) is 2.79. The molecule has 4 atom stereocenters. The average Bonchev–Trinajstić information content (AvgIpc) is 2.71. The van der Waals surface area contributed by atoms with E-state index in [1.54, 1.807) is 0 Å². The lowest BCUT2D eigenvalue weighted by Crippen LogP contribution is -2.52. The van der Waals surface area contributed by atoms with E-state index >= 15 is 0 Å². The lowest BCUT2D eigenvalue weighted by Gasteiger charge is -2.48. The highest BCUT2D eigenvalue weighted by Gasteiger charge is 2.55. The largest absolute Gasteiger partial charge is 0.488 e. The van der Waals surface area contributed by atoms with Crippen LogP contribution in [0.25, 0.3) is 0 Å². The van der Waals surface area contributed by atoms with E-state index in [9.17, 15) is 0 Å². The Balaban J connectivity index is 0.000001000. The van der Waals surface area contributed by atoms with Gasteiger partial charge >= 0.3 is 0 Å². The Bertz CT molecular complexity index is 467. The first kappa shape index (κ1) is 12.2. The van der Waals surface area contributed by atoms with Crippen LogP contribution in [0.3, 0.4) is 0 Å². The molecule has 2 bridgehead atoms. The van der Waals surface area contributed by atoms with Gasteiger partial charge in [0.15, 0.2) is 0 Å². The Labute approximate surface area is 114 Å². The Hall–Kier alpha value is -0.800. The summed E-state index contributed by atoms with van der Waals surface area (Å²) in [6.45, 7) is 5.99. The Morgan fingerprint density at radius 1 is 1.44 bits per heavy atom. The van der Waals surface area contributed by atoms with E-state index in [4.69, 9.17) is 4.74 Å². The normalized spacial score (nSPS) is 40.2. The van der Waals surface area contributed by atoms with E-state index in [1.165, 1.54) is 38.2 Å². The molecule has 0 aromatic carbocycles. The Morgan fingerprint density at radius 3 is 3.22 bits per heavy atom. The van der Waals surface area contributed by atoms with Crippen LogP contribution in [0.5, 0.6) is 5.75 Å². The second-order valence-corrected chi connectivity index (χ2v) is 5.76. The SMILES string of the molecule is CC1c2ncccc2OC2CCN3CCC21C3.Cl. The van der Waals surface area contributed by atoms with Gasteiger partial charge in [0.25, 0.3) is 0 Å². The summed E-state index contributed by atoms with van der Waals surface area (Å²) < 4.78 is 6.24. The second-order valence-electron chi connectivity index (χ2n) is 5.76. The van der Waals surface area contributed by atoms with Gasteiger partial charge in [-0.1, -0.05) is 6.92 Å². The van der Waals surface area contributed by atoms with Gasteiger partial charge in [-0.05, 0) is 31.5 Å². The van der Waals surface area contributed by atoms with Crippen molar-refractivity contribution in [2.24, 2.45) is 5.41 Å². The van der Waals surface area contributed by atoms with Crippen LogP contribution < -0.4 is 4.74 Å². The molecule has 1 spiro atoms. The minimum Gasteiger partial charge on any atom is -0.488 e. The van der Waals surface area contributed by atoms with Crippen molar-refractivity contribution < 1.29 is 4.74 Å². The van der Waals surface area contributed by atoms with Gasteiger partial charge in [-0.25, -0.2) is 0 Å². The third-order valence-corrected chi connectivity index (χ3v) is 5.10. The third-order valence-electron chi connectivity index (χ3n) is 5.10. The molecule has 4 heterocycles. The number of hydrogen-bond acceptors (Lipinski definition) is 3. The summed E-state index contributed by atoms with van der Waals surface area (Å²) in [6, 6.07) is 4.06. The van der Waals surface area contributed by atoms with Gasteiger partial charge in [0.1, 0.15) is 11.9 Å². The highest BCUT2D eigenvalue weighted by molar-refractivity contribution is 5.85. The minimum absolute atomic E-state index is 0. The molecule has 4 rings (SSSR count). The molecule has 2 saturated heterocycles. The fraction of sp³-hybridized carbons (Fsp3) is 0.643. The van der Waals surface area contributed by atoms with Crippen molar-refractivity contribution in [2.45, 2.75) is 31.8 Å². The lowest BCUT2D eigenvalue weighted by atomic mass is 9.66. The first-order chi connectivity index (χ1) is 8.29. The second kappa shape index (κ2) is 4.10. The van der Waals surface area contributed by atoms with Gasteiger partial charge in [0.05, 0.1) is 5.69 Å². The maximum Gasteiger partial charge on any atom is 0.141 e. The number of hydrogen-bond donors (Lipinski definition) is 0. The molecule has 3 aliphatic heterocycles. The molecule has 4 unspecified atom stereocenters. The van der Waals surface area contributed by atoms with Crippen LogP contribution in [-0.2, 0) is 0 Å². The van der Waals surface area contributed by atoms with Crippen molar-refractivity contribution >= 4 is 12.4 Å². The van der Waals surface area contributed by atoms with Crippen molar-refractivity contribution in [3.05, 3.63) is 24.0 Å². The van der Waals surface area contributed by atoms with Crippen LogP contribution in [-0.4, -0.2) is 35.6 Å². The quantitative estimate of drug-likeness (QED) is 0.721. The van der Waals surface area contributed by atoms with Gasteiger partial charge < -0.3 is 9.64 Å². The fourth-order valence-electron chi connectivity index (χ4n) is 4.04. The number of piperidine rings is 1. The molecule has 0 radical (unpaired) electrons. The van der Waals surface area contributed by atoms with Crippen LogP contribution in [0.1, 0.15) is 31.4 Å². The molecule has 1 aromatic rings.